The Balaban J connectivity index is 1.81. The summed E-state index contributed by atoms with van der Waals surface area (Å²) >= 11 is 3.40. The Labute approximate surface area is 123 Å². The number of furan rings is 1. The lowest BCUT2D eigenvalue weighted by molar-refractivity contribution is 0.0205. The van der Waals surface area contributed by atoms with Crippen LogP contribution in [0, 0.1) is 5.92 Å². The summed E-state index contributed by atoms with van der Waals surface area (Å²) in [6, 6.07) is 5.01. The highest BCUT2D eigenvalue weighted by Crippen LogP contribution is 2.39. The molecule has 0 bridgehead atoms. The van der Waals surface area contributed by atoms with Crippen LogP contribution in [0.5, 0.6) is 0 Å². The lowest BCUT2D eigenvalue weighted by Gasteiger charge is -2.47. The van der Waals surface area contributed by atoms with Crippen LogP contribution in [0.25, 0.3) is 0 Å². The Morgan fingerprint density at radius 2 is 2.05 bits per heavy atom. The highest BCUT2D eigenvalue weighted by atomic mass is 79.9. The van der Waals surface area contributed by atoms with Gasteiger partial charge in [0.05, 0.1) is 6.04 Å². The highest BCUT2D eigenvalue weighted by Gasteiger charge is 2.37. The minimum Gasteiger partial charge on any atom is -0.453 e. The number of piperidine rings is 1. The smallest absolute Gasteiger partial charge is 0.169 e. The van der Waals surface area contributed by atoms with Gasteiger partial charge in [-0.1, -0.05) is 12.8 Å². The van der Waals surface area contributed by atoms with Crippen molar-refractivity contribution in [1.29, 1.82) is 0 Å². The van der Waals surface area contributed by atoms with Crippen LogP contribution >= 0.6 is 15.9 Å². The quantitative estimate of drug-likeness (QED) is 0.920. The topological polar surface area (TPSA) is 42.4 Å². The van der Waals surface area contributed by atoms with Crippen molar-refractivity contribution in [2.75, 3.05) is 13.1 Å². The van der Waals surface area contributed by atoms with Crippen LogP contribution < -0.4 is 5.73 Å². The van der Waals surface area contributed by atoms with E-state index >= 15 is 0 Å². The van der Waals surface area contributed by atoms with Crippen LogP contribution in [0.4, 0.5) is 0 Å². The lowest BCUT2D eigenvalue weighted by Crippen LogP contribution is -2.49. The summed E-state index contributed by atoms with van der Waals surface area (Å²) in [5.74, 6) is 1.90. The molecule has 0 radical (unpaired) electrons. The Kier molecular flexibility index (Phi) is 4.30. The van der Waals surface area contributed by atoms with E-state index in [2.05, 4.69) is 26.9 Å². The zero-order valence-electron chi connectivity index (χ0n) is 11.4. The van der Waals surface area contributed by atoms with Gasteiger partial charge in [-0.3, -0.25) is 4.90 Å². The van der Waals surface area contributed by atoms with Gasteiger partial charge in [0, 0.05) is 12.6 Å². The molecule has 2 N–H and O–H groups in total. The van der Waals surface area contributed by atoms with Crippen LogP contribution in [-0.2, 0) is 0 Å². The van der Waals surface area contributed by atoms with E-state index in [1.165, 1.54) is 45.1 Å². The van der Waals surface area contributed by atoms with Gasteiger partial charge in [-0.25, -0.2) is 0 Å². The predicted octanol–water partition coefficient (Wildman–Crippen LogP) is 3.70. The van der Waals surface area contributed by atoms with Gasteiger partial charge in [-0.15, -0.1) is 0 Å². The molecule has 1 aliphatic heterocycles. The van der Waals surface area contributed by atoms with Crippen molar-refractivity contribution in [1.82, 2.24) is 4.90 Å². The highest BCUT2D eigenvalue weighted by molar-refractivity contribution is 9.10. The number of hydrogen-bond acceptors (Lipinski definition) is 3. The number of nitrogens with zero attached hydrogens (tertiary/aromatic N) is 1. The first-order valence-electron chi connectivity index (χ1n) is 7.50. The van der Waals surface area contributed by atoms with Gasteiger partial charge in [-0.2, -0.15) is 0 Å². The second-order valence-electron chi connectivity index (χ2n) is 5.89. The molecule has 0 spiro atoms. The molecule has 19 heavy (non-hydrogen) atoms. The molecular weight excluding hydrogens is 304 g/mol. The standard InChI is InChI=1S/C15H23BrN2O/c16-15-8-7-14(19-15)13(10-17)18-9-3-5-11-4-1-2-6-12(11)18/h7-8,11-13H,1-6,9-10,17H2. The fraction of sp³-hybridized carbons (Fsp3) is 0.733. The summed E-state index contributed by atoms with van der Waals surface area (Å²) in [7, 11) is 0. The molecule has 2 fully saturated rings. The molecule has 4 heteroatoms. The van der Waals surface area contributed by atoms with Crippen molar-refractivity contribution < 1.29 is 4.42 Å². The summed E-state index contributed by atoms with van der Waals surface area (Å²) in [6.45, 7) is 1.81. The minimum absolute atomic E-state index is 0.247. The molecule has 1 aromatic rings. The Bertz CT molecular complexity index is 418. The third-order valence-electron chi connectivity index (χ3n) is 4.83. The van der Waals surface area contributed by atoms with Gasteiger partial charge >= 0.3 is 0 Å². The molecule has 1 saturated carbocycles. The van der Waals surface area contributed by atoms with Crippen molar-refractivity contribution in [2.24, 2.45) is 11.7 Å². The first-order chi connectivity index (χ1) is 9.29. The average molecular weight is 327 g/mol. The maximum atomic E-state index is 6.05. The molecule has 1 saturated heterocycles. The molecule has 1 aromatic heterocycles. The number of hydrogen-bond donors (Lipinski definition) is 1. The first-order valence-corrected chi connectivity index (χ1v) is 8.30. The van der Waals surface area contributed by atoms with Gasteiger partial charge in [0.15, 0.2) is 4.67 Å². The van der Waals surface area contributed by atoms with Crippen molar-refractivity contribution in [3.63, 3.8) is 0 Å². The van der Waals surface area contributed by atoms with E-state index in [-0.39, 0.29) is 6.04 Å². The summed E-state index contributed by atoms with van der Waals surface area (Å²) in [4.78, 5) is 2.62. The van der Waals surface area contributed by atoms with Crippen molar-refractivity contribution in [3.05, 3.63) is 22.6 Å². The van der Waals surface area contributed by atoms with Crippen molar-refractivity contribution >= 4 is 15.9 Å². The van der Waals surface area contributed by atoms with E-state index in [0.717, 1.165) is 22.4 Å². The zero-order chi connectivity index (χ0) is 13.2. The molecule has 3 rings (SSSR count). The molecular formula is C15H23BrN2O. The summed E-state index contributed by atoms with van der Waals surface area (Å²) < 4.78 is 6.57. The summed E-state index contributed by atoms with van der Waals surface area (Å²) in [5, 5.41) is 0. The van der Waals surface area contributed by atoms with Gasteiger partial charge in [0.1, 0.15) is 5.76 Å². The molecule has 3 atom stereocenters. The summed E-state index contributed by atoms with van der Waals surface area (Å²) in [6.07, 6.45) is 8.23. The van der Waals surface area contributed by atoms with E-state index in [1.54, 1.807) is 0 Å². The number of fused-ring (bicyclic) bond motifs is 1. The fourth-order valence-corrected chi connectivity index (χ4v) is 4.29. The van der Waals surface area contributed by atoms with Crippen molar-refractivity contribution in [2.45, 2.75) is 50.6 Å². The fourth-order valence-electron chi connectivity index (χ4n) is 3.97. The molecule has 106 valence electrons. The normalized spacial score (nSPS) is 30.0. The van der Waals surface area contributed by atoms with Crippen LogP contribution in [0.15, 0.2) is 21.2 Å². The van der Waals surface area contributed by atoms with Crippen LogP contribution in [0.2, 0.25) is 0 Å². The number of rotatable bonds is 3. The Hall–Kier alpha value is -0.320. The van der Waals surface area contributed by atoms with Gasteiger partial charge in [0.2, 0.25) is 0 Å². The predicted molar refractivity (Wildman–Crippen MR) is 79.9 cm³/mol. The largest absolute Gasteiger partial charge is 0.453 e. The monoisotopic (exact) mass is 326 g/mol. The van der Waals surface area contributed by atoms with E-state index in [9.17, 15) is 0 Å². The van der Waals surface area contributed by atoms with Crippen LogP contribution in [0.1, 0.15) is 50.3 Å². The number of nitrogens with two attached hydrogens (primary N) is 1. The van der Waals surface area contributed by atoms with Crippen molar-refractivity contribution in [3.8, 4) is 0 Å². The molecule has 0 aromatic carbocycles. The number of halogens is 1. The molecule has 1 aliphatic carbocycles. The first kappa shape index (κ1) is 13.7. The third-order valence-corrected chi connectivity index (χ3v) is 5.26. The second kappa shape index (κ2) is 5.98. The van der Waals surface area contributed by atoms with E-state index in [4.69, 9.17) is 10.2 Å². The second-order valence-corrected chi connectivity index (χ2v) is 6.67. The number of likely N-dealkylation sites (tertiary alicyclic amines) is 1. The molecule has 2 aliphatic rings. The van der Waals surface area contributed by atoms with Gasteiger partial charge < -0.3 is 10.2 Å². The van der Waals surface area contributed by atoms with E-state index in [0.29, 0.717) is 6.54 Å². The zero-order valence-corrected chi connectivity index (χ0v) is 12.9. The van der Waals surface area contributed by atoms with E-state index < -0.39 is 0 Å². The SMILES string of the molecule is NCC(c1ccc(Br)o1)N1CCCC2CCCCC21. The summed E-state index contributed by atoms with van der Waals surface area (Å²) in [5.41, 5.74) is 6.05. The Morgan fingerprint density at radius 3 is 2.79 bits per heavy atom. The van der Waals surface area contributed by atoms with Crippen LogP contribution in [0.3, 0.4) is 0 Å². The average Bonchev–Trinajstić information content (AvgIpc) is 2.86. The molecule has 2 heterocycles. The van der Waals surface area contributed by atoms with Gasteiger partial charge in [0.25, 0.3) is 0 Å². The molecule has 0 amide bonds. The van der Waals surface area contributed by atoms with Crippen LogP contribution in [-0.4, -0.2) is 24.0 Å². The minimum atomic E-state index is 0.247. The maximum Gasteiger partial charge on any atom is 0.169 e. The maximum absolute atomic E-state index is 6.05. The molecule has 3 unspecified atom stereocenters. The van der Waals surface area contributed by atoms with Gasteiger partial charge in [-0.05, 0) is 66.2 Å². The Morgan fingerprint density at radius 1 is 1.26 bits per heavy atom. The lowest BCUT2D eigenvalue weighted by atomic mass is 9.77. The third kappa shape index (κ3) is 2.76. The molecule has 3 nitrogen and oxygen atoms in total. The van der Waals surface area contributed by atoms with E-state index in [1.807, 2.05) is 6.07 Å².